The fraction of sp³-hybridized carbons (Fsp3) is 0.590. The maximum Gasteiger partial charge on any atom is 0.306 e. The number of rotatable bonds is 23. The van der Waals surface area contributed by atoms with Crippen LogP contribution in [0.3, 0.4) is 0 Å². The molecule has 1 aromatic heterocycles. The average molecular weight is 740 g/mol. The first kappa shape index (κ1) is 43.9. The molecule has 0 aliphatic heterocycles. The number of aliphatic carboxylic acids is 1. The van der Waals surface area contributed by atoms with Gasteiger partial charge in [0.15, 0.2) is 6.10 Å². The van der Waals surface area contributed by atoms with Crippen molar-refractivity contribution in [3.8, 4) is 0 Å². The molecule has 12 nitrogen and oxygen atoms in total. The number of hydrogen-bond acceptors (Lipinski definition) is 9. The standard InChI is InChI=1S/C39H57N5O7S/c1-9-26(4)31(23-41-35(46)18-14-11-15-19-40-7)38(48)44(8)33(25(2)3)22-34(51-28(6)45)37-43-32(24-52-37)36(47)42-30(20-27(5)39(49)50)21-29-16-12-10-13-17-29/h10,12-13,16-17,23-27,30-31,33-34H,7,9,11,14-15,18-22H2,1-6,8H3,(H,42,47)(H,49,50)/t26-,27-,30+,31?,33+,34+/m0/s1. The third-order valence-electron chi connectivity index (χ3n) is 9.26. The first-order valence-corrected chi connectivity index (χ1v) is 19.0. The van der Waals surface area contributed by atoms with Crippen molar-refractivity contribution in [2.45, 2.75) is 111 Å². The number of carboxylic acids is 1. The molecular formula is C39H57N5O7S. The number of amides is 3. The predicted molar refractivity (Wildman–Crippen MR) is 205 cm³/mol. The lowest BCUT2D eigenvalue weighted by molar-refractivity contribution is -0.148. The minimum Gasteiger partial charge on any atom is -0.481 e. The molecule has 0 aliphatic rings. The van der Waals surface area contributed by atoms with E-state index in [1.807, 2.05) is 58.0 Å². The van der Waals surface area contributed by atoms with Gasteiger partial charge in [-0.05, 0) is 49.8 Å². The van der Waals surface area contributed by atoms with Gasteiger partial charge in [-0.2, -0.15) is 0 Å². The van der Waals surface area contributed by atoms with Crippen LogP contribution in [0.4, 0.5) is 0 Å². The number of unbranched alkanes of at least 4 members (excludes halogenated alkanes) is 2. The number of nitrogens with zero attached hydrogens (tertiary/aromatic N) is 4. The van der Waals surface area contributed by atoms with Crippen molar-refractivity contribution in [1.29, 1.82) is 0 Å². The van der Waals surface area contributed by atoms with Gasteiger partial charge < -0.3 is 25.1 Å². The van der Waals surface area contributed by atoms with E-state index in [1.165, 1.54) is 24.5 Å². The molecule has 0 bridgehead atoms. The van der Waals surface area contributed by atoms with E-state index in [2.05, 4.69) is 27.0 Å². The van der Waals surface area contributed by atoms with E-state index < -0.39 is 41.8 Å². The minimum atomic E-state index is -0.949. The Bertz CT molecular complexity index is 1490. The van der Waals surface area contributed by atoms with Gasteiger partial charge in [-0.25, -0.2) is 9.98 Å². The molecule has 2 rings (SSSR count). The van der Waals surface area contributed by atoms with Crippen LogP contribution < -0.4 is 5.32 Å². The number of nitrogens with one attached hydrogen (secondary N) is 1. The maximum absolute atomic E-state index is 14.0. The van der Waals surface area contributed by atoms with Crippen molar-refractivity contribution in [2.24, 2.45) is 33.7 Å². The molecule has 1 unspecified atom stereocenters. The van der Waals surface area contributed by atoms with Crippen LogP contribution in [0.2, 0.25) is 0 Å². The molecule has 0 saturated carbocycles. The Kier molecular flexibility index (Phi) is 19.1. The molecule has 2 N–H and O–H groups in total. The van der Waals surface area contributed by atoms with Gasteiger partial charge in [-0.15, -0.1) is 11.3 Å². The summed E-state index contributed by atoms with van der Waals surface area (Å²) in [7, 11) is 1.71. The van der Waals surface area contributed by atoms with Crippen molar-refractivity contribution in [3.05, 3.63) is 52.0 Å². The number of carbonyl (C=O) groups excluding carboxylic acids is 4. The number of thiazole rings is 1. The zero-order valence-corrected chi connectivity index (χ0v) is 32.6. The second kappa shape index (κ2) is 22.6. The average Bonchev–Trinajstić information content (AvgIpc) is 3.60. The van der Waals surface area contributed by atoms with Crippen molar-refractivity contribution in [3.63, 3.8) is 0 Å². The second-order valence-electron chi connectivity index (χ2n) is 13.8. The summed E-state index contributed by atoms with van der Waals surface area (Å²) in [5.41, 5.74) is 1.08. The molecule has 1 aromatic carbocycles. The van der Waals surface area contributed by atoms with Crippen LogP contribution in [0, 0.1) is 23.7 Å². The van der Waals surface area contributed by atoms with Gasteiger partial charge in [0.1, 0.15) is 10.7 Å². The van der Waals surface area contributed by atoms with Gasteiger partial charge in [0.2, 0.25) is 11.8 Å². The van der Waals surface area contributed by atoms with E-state index in [1.54, 1.807) is 24.3 Å². The van der Waals surface area contributed by atoms with E-state index in [0.717, 1.165) is 18.4 Å². The SMILES string of the molecule is C=NCCCCCC(=O)N=CC(C(=O)N(C)[C@H](C[C@@H](OC(C)=O)c1nc(C(=O)N[C@@H](Cc2ccccc2)C[C@H](C)C(=O)O)cs1)C(C)C)[C@@H](C)CC. The van der Waals surface area contributed by atoms with Crippen LogP contribution in [0.25, 0.3) is 0 Å². The lowest BCUT2D eigenvalue weighted by Gasteiger charge is -2.36. The number of hydrogen-bond donors (Lipinski definition) is 2. The number of ether oxygens (including phenoxy) is 1. The molecule has 286 valence electrons. The molecular weight excluding hydrogens is 683 g/mol. The molecule has 13 heteroatoms. The third-order valence-corrected chi connectivity index (χ3v) is 10.2. The topological polar surface area (TPSA) is 168 Å². The number of esters is 1. The Morgan fingerprint density at radius 3 is 2.35 bits per heavy atom. The van der Waals surface area contributed by atoms with E-state index in [-0.39, 0.29) is 48.2 Å². The molecule has 0 fully saturated rings. The highest BCUT2D eigenvalue weighted by Crippen LogP contribution is 2.31. The lowest BCUT2D eigenvalue weighted by atomic mass is 9.89. The van der Waals surface area contributed by atoms with Crippen LogP contribution >= 0.6 is 11.3 Å². The van der Waals surface area contributed by atoms with Crippen LogP contribution in [-0.4, -0.2) is 83.3 Å². The summed E-state index contributed by atoms with van der Waals surface area (Å²) < 4.78 is 5.74. The monoisotopic (exact) mass is 739 g/mol. The summed E-state index contributed by atoms with van der Waals surface area (Å²) >= 11 is 1.17. The molecule has 52 heavy (non-hydrogen) atoms. The van der Waals surface area contributed by atoms with Gasteiger partial charge in [-0.1, -0.05) is 77.8 Å². The van der Waals surface area contributed by atoms with Crippen molar-refractivity contribution in [2.75, 3.05) is 13.6 Å². The van der Waals surface area contributed by atoms with Crippen LogP contribution in [0.1, 0.15) is 114 Å². The van der Waals surface area contributed by atoms with Crippen molar-refractivity contribution >= 4 is 53.9 Å². The van der Waals surface area contributed by atoms with Crippen LogP contribution in [0.5, 0.6) is 0 Å². The van der Waals surface area contributed by atoms with E-state index in [9.17, 15) is 29.1 Å². The van der Waals surface area contributed by atoms with Crippen molar-refractivity contribution < 1.29 is 33.8 Å². The van der Waals surface area contributed by atoms with Gasteiger partial charge >= 0.3 is 11.9 Å². The molecule has 2 aromatic rings. The van der Waals surface area contributed by atoms with Crippen LogP contribution in [0.15, 0.2) is 45.7 Å². The summed E-state index contributed by atoms with van der Waals surface area (Å²) in [6, 6.07) is 8.66. The molecule has 3 amide bonds. The zero-order chi connectivity index (χ0) is 38.8. The quantitative estimate of drug-likeness (QED) is 0.0731. The largest absolute Gasteiger partial charge is 0.481 e. The number of carbonyl (C=O) groups is 5. The molecule has 1 heterocycles. The maximum atomic E-state index is 14.0. The molecule has 0 radical (unpaired) electrons. The molecule has 0 aliphatic carbocycles. The normalized spacial score (nSPS) is 14.9. The number of benzene rings is 1. The van der Waals surface area contributed by atoms with Gasteiger partial charge in [0.05, 0.1) is 11.8 Å². The minimum absolute atomic E-state index is 0.0501. The summed E-state index contributed by atoms with van der Waals surface area (Å²) in [5.74, 6) is -3.83. The highest BCUT2D eigenvalue weighted by Gasteiger charge is 2.34. The van der Waals surface area contributed by atoms with E-state index in [4.69, 9.17) is 4.74 Å². The first-order valence-electron chi connectivity index (χ1n) is 18.1. The summed E-state index contributed by atoms with van der Waals surface area (Å²) in [5, 5.41) is 14.5. The Balaban J connectivity index is 2.27. The Labute approximate surface area is 312 Å². The summed E-state index contributed by atoms with van der Waals surface area (Å²) in [6.07, 6.45) is 4.94. The Hall–Kier alpha value is -4.26. The van der Waals surface area contributed by atoms with Gasteiger partial charge in [-0.3, -0.25) is 24.0 Å². The molecule has 0 saturated heterocycles. The fourth-order valence-electron chi connectivity index (χ4n) is 5.93. The highest BCUT2D eigenvalue weighted by atomic mass is 32.1. The Morgan fingerprint density at radius 2 is 1.75 bits per heavy atom. The first-order chi connectivity index (χ1) is 24.7. The van der Waals surface area contributed by atoms with Gasteiger partial charge in [0, 0.05) is 57.0 Å². The Morgan fingerprint density at radius 1 is 1.06 bits per heavy atom. The summed E-state index contributed by atoms with van der Waals surface area (Å²) in [4.78, 5) is 78.1. The molecule has 0 spiro atoms. The summed E-state index contributed by atoms with van der Waals surface area (Å²) in [6.45, 7) is 14.9. The van der Waals surface area contributed by atoms with E-state index >= 15 is 0 Å². The lowest BCUT2D eigenvalue weighted by Crippen LogP contribution is -2.46. The highest BCUT2D eigenvalue weighted by molar-refractivity contribution is 7.09. The molecule has 6 atom stereocenters. The number of aliphatic imine (C=N–C) groups is 2. The zero-order valence-electron chi connectivity index (χ0n) is 31.7. The smallest absolute Gasteiger partial charge is 0.306 e. The second-order valence-corrected chi connectivity index (χ2v) is 14.7. The van der Waals surface area contributed by atoms with E-state index in [0.29, 0.717) is 37.2 Å². The number of carboxylic acid groups (broad SMARTS) is 1. The van der Waals surface area contributed by atoms with Crippen LogP contribution in [-0.2, 0) is 30.3 Å². The fourth-order valence-corrected chi connectivity index (χ4v) is 6.77. The predicted octanol–water partition coefficient (Wildman–Crippen LogP) is 6.59. The third kappa shape index (κ3) is 14.8. The number of aromatic nitrogens is 1. The van der Waals surface area contributed by atoms with Crippen molar-refractivity contribution in [1.82, 2.24) is 15.2 Å². The van der Waals surface area contributed by atoms with Gasteiger partial charge in [0.25, 0.3) is 5.91 Å².